The van der Waals surface area contributed by atoms with Crippen LogP contribution >= 0.6 is 0 Å². The van der Waals surface area contributed by atoms with Crippen molar-refractivity contribution < 1.29 is 29.1 Å². The maximum atomic E-state index is 12.7. The molecule has 4 amide bonds. The lowest BCUT2D eigenvalue weighted by atomic mass is 9.97. The van der Waals surface area contributed by atoms with Gasteiger partial charge in [0.2, 0.25) is 29.9 Å². The molecule has 1 aliphatic heterocycles. The molecule has 11 heteroatoms. The zero-order chi connectivity index (χ0) is 22.8. The average Bonchev–Trinajstić information content (AvgIpc) is 3.22. The van der Waals surface area contributed by atoms with Crippen LogP contribution in [0.4, 0.5) is 0 Å². The number of likely N-dealkylation sites (tertiary alicyclic amines) is 1. The monoisotopic (exact) mass is 426 g/mol. The first-order valence-electron chi connectivity index (χ1n) is 10.1. The van der Waals surface area contributed by atoms with E-state index in [0.717, 1.165) is 0 Å². The molecule has 5 unspecified atom stereocenters. The summed E-state index contributed by atoms with van der Waals surface area (Å²) in [6.07, 6.45) is 2.12. The lowest BCUT2D eigenvalue weighted by Crippen LogP contribution is -2.56. The Morgan fingerprint density at radius 2 is 1.90 bits per heavy atom. The molecule has 0 bridgehead atoms. The highest BCUT2D eigenvalue weighted by Crippen LogP contribution is 2.18. The highest BCUT2D eigenvalue weighted by molar-refractivity contribution is 5.94. The molecule has 0 aromatic rings. The van der Waals surface area contributed by atoms with Crippen LogP contribution in [0, 0.1) is 5.92 Å². The minimum Gasteiger partial charge on any atom is -0.391 e. The molecule has 6 N–H and O–H groups in total. The lowest BCUT2D eigenvalue weighted by Gasteiger charge is -2.28. The van der Waals surface area contributed by atoms with Gasteiger partial charge in [0.15, 0.2) is 0 Å². The fourth-order valence-electron chi connectivity index (χ4n) is 3.16. The molecule has 1 radical (unpaired) electrons. The predicted molar refractivity (Wildman–Crippen MR) is 107 cm³/mol. The van der Waals surface area contributed by atoms with Crippen molar-refractivity contribution in [1.82, 2.24) is 20.9 Å². The van der Waals surface area contributed by atoms with Crippen molar-refractivity contribution in [3.8, 4) is 0 Å². The van der Waals surface area contributed by atoms with Gasteiger partial charge < -0.3 is 31.7 Å². The quantitative estimate of drug-likeness (QED) is 0.244. The van der Waals surface area contributed by atoms with Gasteiger partial charge in [-0.2, -0.15) is 0 Å². The Labute approximate surface area is 176 Å². The van der Waals surface area contributed by atoms with Gasteiger partial charge in [-0.25, -0.2) is 0 Å². The Bertz CT molecular complexity index is 641. The number of carbonyl (C=O) groups is 4. The van der Waals surface area contributed by atoms with E-state index in [1.54, 1.807) is 6.92 Å². The average molecular weight is 426 g/mol. The Balaban J connectivity index is 2.73. The van der Waals surface area contributed by atoms with E-state index in [9.17, 15) is 29.1 Å². The smallest absolute Gasteiger partial charge is 0.243 e. The van der Waals surface area contributed by atoms with E-state index in [4.69, 9.17) is 5.73 Å². The van der Waals surface area contributed by atoms with Gasteiger partial charge in [-0.05, 0) is 25.7 Å². The van der Waals surface area contributed by atoms with Crippen molar-refractivity contribution in [3.63, 3.8) is 0 Å². The first-order valence-corrected chi connectivity index (χ1v) is 10.1. The van der Waals surface area contributed by atoms with Crippen molar-refractivity contribution in [2.24, 2.45) is 11.7 Å². The van der Waals surface area contributed by atoms with Gasteiger partial charge in [0, 0.05) is 6.54 Å². The molecule has 1 heterocycles. The van der Waals surface area contributed by atoms with Crippen molar-refractivity contribution >= 4 is 29.9 Å². The molecule has 1 rings (SSSR count). The molecular weight excluding hydrogens is 394 g/mol. The molecule has 169 valence electrons. The van der Waals surface area contributed by atoms with Crippen molar-refractivity contribution in [2.75, 3.05) is 19.6 Å². The van der Waals surface area contributed by atoms with E-state index >= 15 is 0 Å². The topological polar surface area (TPSA) is 171 Å². The van der Waals surface area contributed by atoms with Crippen LogP contribution in [-0.4, -0.2) is 83.8 Å². The van der Waals surface area contributed by atoms with Gasteiger partial charge >= 0.3 is 0 Å². The minimum atomic E-state index is -1.20. The van der Waals surface area contributed by atoms with Crippen LogP contribution in [-0.2, 0) is 24.0 Å². The third-order valence-corrected chi connectivity index (χ3v) is 5.19. The maximum Gasteiger partial charge on any atom is 0.243 e. The second-order valence-electron chi connectivity index (χ2n) is 7.44. The van der Waals surface area contributed by atoms with Crippen molar-refractivity contribution in [3.05, 3.63) is 0 Å². The van der Waals surface area contributed by atoms with E-state index in [2.05, 4.69) is 16.0 Å². The van der Waals surface area contributed by atoms with E-state index < -0.39 is 48.5 Å². The van der Waals surface area contributed by atoms with Crippen LogP contribution in [0.3, 0.4) is 0 Å². The summed E-state index contributed by atoms with van der Waals surface area (Å²) < 4.78 is 0. The fourth-order valence-corrected chi connectivity index (χ4v) is 3.16. The molecule has 30 heavy (non-hydrogen) atoms. The molecule has 0 aromatic carbocycles. The summed E-state index contributed by atoms with van der Waals surface area (Å²) in [5.74, 6) is -2.24. The number of nitrogens with zero attached hydrogens (tertiary/aromatic N) is 1. The minimum absolute atomic E-state index is 0.195. The van der Waals surface area contributed by atoms with Gasteiger partial charge in [-0.3, -0.25) is 24.0 Å². The molecule has 0 saturated carbocycles. The van der Waals surface area contributed by atoms with Crippen LogP contribution in [0.5, 0.6) is 0 Å². The molecular formula is C19H32N5O6. The van der Waals surface area contributed by atoms with Crippen molar-refractivity contribution in [2.45, 2.75) is 64.3 Å². The zero-order valence-corrected chi connectivity index (χ0v) is 17.6. The normalized spacial score (nSPS) is 19.9. The highest BCUT2D eigenvalue weighted by Gasteiger charge is 2.36. The summed E-state index contributed by atoms with van der Waals surface area (Å²) in [6.45, 7) is 4.77. The molecule has 11 nitrogen and oxygen atoms in total. The number of nitrogens with one attached hydrogen (secondary N) is 3. The van der Waals surface area contributed by atoms with Crippen LogP contribution in [0.1, 0.15) is 40.0 Å². The zero-order valence-electron chi connectivity index (χ0n) is 17.6. The third-order valence-electron chi connectivity index (χ3n) is 5.19. The van der Waals surface area contributed by atoms with E-state index in [-0.39, 0.29) is 18.4 Å². The Kier molecular flexibility index (Phi) is 10.4. The largest absolute Gasteiger partial charge is 0.391 e. The van der Waals surface area contributed by atoms with Gasteiger partial charge in [-0.15, -0.1) is 0 Å². The lowest BCUT2D eigenvalue weighted by molar-refractivity contribution is -0.139. The first-order chi connectivity index (χ1) is 14.2. The number of carbonyl (C=O) groups excluding carboxylic acids is 5. The molecule has 1 saturated heterocycles. The Hall–Kier alpha value is -2.53. The molecule has 1 aliphatic rings. The summed E-state index contributed by atoms with van der Waals surface area (Å²) in [7, 11) is 0. The van der Waals surface area contributed by atoms with Crippen LogP contribution in [0.25, 0.3) is 0 Å². The van der Waals surface area contributed by atoms with Gasteiger partial charge in [0.1, 0.15) is 18.1 Å². The number of aliphatic hydroxyl groups is 1. The first kappa shape index (κ1) is 25.5. The molecule has 0 aliphatic carbocycles. The molecule has 0 spiro atoms. The van der Waals surface area contributed by atoms with E-state index in [1.807, 2.05) is 6.92 Å². The number of hydrogen-bond donors (Lipinski definition) is 5. The van der Waals surface area contributed by atoms with Crippen LogP contribution in [0.15, 0.2) is 0 Å². The number of aliphatic hydroxyl groups excluding tert-OH is 1. The highest BCUT2D eigenvalue weighted by atomic mass is 16.3. The number of hydrogen-bond acceptors (Lipinski definition) is 7. The van der Waals surface area contributed by atoms with Gasteiger partial charge in [0.05, 0.1) is 19.2 Å². The summed E-state index contributed by atoms with van der Waals surface area (Å²) >= 11 is 0. The molecule has 1 fully saturated rings. The van der Waals surface area contributed by atoms with Gasteiger partial charge in [0.25, 0.3) is 0 Å². The number of rotatable bonds is 11. The Morgan fingerprint density at radius 1 is 1.23 bits per heavy atom. The summed E-state index contributed by atoms with van der Waals surface area (Å²) in [5.41, 5.74) is 5.40. The second-order valence-corrected chi connectivity index (χ2v) is 7.44. The number of nitrogens with two attached hydrogens (primary N) is 1. The maximum absolute atomic E-state index is 12.7. The third kappa shape index (κ3) is 7.06. The predicted octanol–water partition coefficient (Wildman–Crippen LogP) is -2.44. The standard InChI is InChI=1S/C19H32N5O6/c1-4-11(2)17(19(30)21-9-15(27)22-13(10-25)12(3)26)23-18(29)14-6-5-7-24(14)16(28)8-20/h11-14,17,26H,4-9,20H2,1-3H3,(H,21,30)(H,22,27)(H,23,29). The molecule has 0 aromatic heterocycles. The van der Waals surface area contributed by atoms with Crippen LogP contribution < -0.4 is 21.7 Å². The van der Waals surface area contributed by atoms with E-state index in [0.29, 0.717) is 25.8 Å². The Morgan fingerprint density at radius 3 is 2.43 bits per heavy atom. The van der Waals surface area contributed by atoms with Gasteiger partial charge in [-0.1, -0.05) is 20.3 Å². The summed E-state index contributed by atoms with van der Waals surface area (Å²) in [6, 6.07) is -2.79. The van der Waals surface area contributed by atoms with Crippen molar-refractivity contribution in [1.29, 1.82) is 0 Å². The number of amides is 4. The van der Waals surface area contributed by atoms with Crippen LogP contribution in [0.2, 0.25) is 0 Å². The molecule has 5 atom stereocenters. The SMILES string of the molecule is CCC(C)C(NC(=O)C1CCCN1C(=O)CN)C(=O)NCC(=O)NC([C]=O)C(C)O. The van der Waals surface area contributed by atoms with E-state index in [1.165, 1.54) is 18.1 Å². The fraction of sp³-hybridized carbons (Fsp3) is 0.737. The summed E-state index contributed by atoms with van der Waals surface area (Å²) in [5, 5.41) is 16.7. The second kappa shape index (κ2) is 12.2. The summed E-state index contributed by atoms with van der Waals surface area (Å²) in [4.78, 5) is 61.3.